The molecule has 218 valence electrons. The van der Waals surface area contributed by atoms with Crippen LogP contribution in [0.5, 0.6) is 0 Å². The molecule has 41 heavy (non-hydrogen) atoms. The summed E-state index contributed by atoms with van der Waals surface area (Å²) in [6, 6.07) is 18.4. The Balaban J connectivity index is 1.73. The van der Waals surface area contributed by atoms with Crippen molar-refractivity contribution >= 4 is 62.3 Å². The van der Waals surface area contributed by atoms with Crippen LogP contribution < -0.4 is 9.62 Å². The first-order valence-electron chi connectivity index (χ1n) is 13.5. The lowest BCUT2D eigenvalue weighted by atomic mass is 10.1. The Morgan fingerprint density at radius 2 is 1.56 bits per heavy atom. The summed E-state index contributed by atoms with van der Waals surface area (Å²) in [5.74, 6) is -0.830. The summed E-state index contributed by atoms with van der Waals surface area (Å²) in [7, 11) is -4.25. The fraction of sp³-hybridized carbons (Fsp3) is 0.333. The normalized spacial score (nSPS) is 14.4. The van der Waals surface area contributed by atoms with Gasteiger partial charge < -0.3 is 10.2 Å². The number of benzene rings is 3. The summed E-state index contributed by atoms with van der Waals surface area (Å²) in [5.41, 5.74) is 0.805. The molecule has 0 saturated heterocycles. The highest BCUT2D eigenvalue weighted by Crippen LogP contribution is 2.33. The van der Waals surface area contributed by atoms with Crippen molar-refractivity contribution in [3.8, 4) is 0 Å². The van der Waals surface area contributed by atoms with E-state index in [2.05, 4.69) is 5.32 Å². The highest BCUT2D eigenvalue weighted by molar-refractivity contribution is 7.92. The molecule has 1 atom stereocenters. The van der Waals surface area contributed by atoms with Crippen molar-refractivity contribution < 1.29 is 18.0 Å². The molecule has 0 radical (unpaired) electrons. The maximum atomic E-state index is 14.2. The van der Waals surface area contributed by atoms with Gasteiger partial charge in [0, 0.05) is 22.6 Å². The topological polar surface area (TPSA) is 86.8 Å². The zero-order valence-corrected chi connectivity index (χ0v) is 25.7. The fourth-order valence-electron chi connectivity index (χ4n) is 4.98. The van der Waals surface area contributed by atoms with Gasteiger partial charge in [0.15, 0.2) is 0 Å². The molecule has 1 fully saturated rings. The second-order valence-corrected chi connectivity index (χ2v) is 13.1. The first-order chi connectivity index (χ1) is 19.6. The van der Waals surface area contributed by atoms with Crippen molar-refractivity contribution in [2.45, 2.75) is 62.6 Å². The maximum absolute atomic E-state index is 14.2. The highest BCUT2D eigenvalue weighted by atomic mass is 35.5. The lowest BCUT2D eigenvalue weighted by molar-refractivity contribution is -0.140. The molecular weight excluding hydrogens is 605 g/mol. The summed E-state index contributed by atoms with van der Waals surface area (Å²) in [6.45, 7) is 1.31. The van der Waals surface area contributed by atoms with E-state index in [0.29, 0.717) is 11.4 Å². The molecule has 4 rings (SSSR count). The van der Waals surface area contributed by atoms with E-state index in [1.165, 1.54) is 35.2 Å². The van der Waals surface area contributed by atoms with E-state index >= 15 is 0 Å². The van der Waals surface area contributed by atoms with Gasteiger partial charge in [-0.05, 0) is 67.3 Å². The molecule has 3 aromatic carbocycles. The van der Waals surface area contributed by atoms with Crippen LogP contribution in [0.2, 0.25) is 15.1 Å². The van der Waals surface area contributed by atoms with E-state index in [-0.39, 0.29) is 39.1 Å². The average Bonchev–Trinajstić information content (AvgIpc) is 3.47. The molecule has 0 aliphatic heterocycles. The Bertz CT molecular complexity index is 1460. The number of hydrogen-bond acceptors (Lipinski definition) is 4. The van der Waals surface area contributed by atoms with E-state index in [1.54, 1.807) is 42.5 Å². The zero-order valence-electron chi connectivity index (χ0n) is 22.6. The molecule has 2 amide bonds. The molecule has 1 N–H and O–H groups in total. The van der Waals surface area contributed by atoms with Crippen molar-refractivity contribution in [3.63, 3.8) is 0 Å². The van der Waals surface area contributed by atoms with Crippen LogP contribution in [0.15, 0.2) is 77.7 Å². The van der Waals surface area contributed by atoms with Gasteiger partial charge in [0.25, 0.3) is 10.0 Å². The Morgan fingerprint density at radius 1 is 0.927 bits per heavy atom. The van der Waals surface area contributed by atoms with E-state index in [1.807, 2.05) is 6.92 Å². The summed E-state index contributed by atoms with van der Waals surface area (Å²) in [4.78, 5) is 29.1. The van der Waals surface area contributed by atoms with Crippen LogP contribution in [0, 0.1) is 0 Å². The summed E-state index contributed by atoms with van der Waals surface area (Å²) in [6.07, 6.45) is 4.21. The molecule has 1 aliphatic rings. The Morgan fingerprint density at radius 3 is 2.20 bits per heavy atom. The first-order valence-corrected chi connectivity index (χ1v) is 16.0. The van der Waals surface area contributed by atoms with Crippen LogP contribution in [0.25, 0.3) is 0 Å². The molecule has 1 saturated carbocycles. The Labute approximate surface area is 256 Å². The predicted molar refractivity (Wildman–Crippen MR) is 164 cm³/mol. The van der Waals surface area contributed by atoms with Gasteiger partial charge in [-0.3, -0.25) is 13.9 Å². The quantitative estimate of drug-likeness (QED) is 0.254. The first kappa shape index (κ1) is 31.2. The van der Waals surface area contributed by atoms with Gasteiger partial charge in [0.05, 0.1) is 15.6 Å². The SMILES string of the molecule is CC[C@H](C(=O)NC1CCCC1)N(Cc1ccc(Cl)cc1)C(=O)CN(c1cc(Cl)ccc1Cl)S(=O)(=O)c1ccccc1. The van der Waals surface area contributed by atoms with Crippen LogP contribution in [-0.2, 0) is 26.2 Å². The lowest BCUT2D eigenvalue weighted by Crippen LogP contribution is -2.53. The molecule has 3 aromatic rings. The molecule has 0 heterocycles. The number of hydrogen-bond donors (Lipinski definition) is 1. The molecule has 7 nitrogen and oxygen atoms in total. The minimum Gasteiger partial charge on any atom is -0.352 e. The number of halogens is 3. The van der Waals surface area contributed by atoms with E-state index in [9.17, 15) is 18.0 Å². The van der Waals surface area contributed by atoms with Crippen LogP contribution >= 0.6 is 34.8 Å². The third-order valence-electron chi connectivity index (χ3n) is 7.14. The van der Waals surface area contributed by atoms with Crippen molar-refractivity contribution in [1.82, 2.24) is 10.2 Å². The van der Waals surface area contributed by atoms with E-state index in [4.69, 9.17) is 34.8 Å². The maximum Gasteiger partial charge on any atom is 0.264 e. The Kier molecular flexibility index (Phi) is 10.6. The summed E-state index contributed by atoms with van der Waals surface area (Å²) < 4.78 is 28.8. The van der Waals surface area contributed by atoms with Crippen LogP contribution in [0.4, 0.5) is 5.69 Å². The van der Waals surface area contributed by atoms with Gasteiger partial charge >= 0.3 is 0 Å². The number of rotatable bonds is 11. The van der Waals surface area contributed by atoms with Gasteiger partial charge in [-0.15, -0.1) is 0 Å². The summed E-state index contributed by atoms with van der Waals surface area (Å²) in [5, 5.41) is 3.99. The third kappa shape index (κ3) is 7.74. The molecule has 0 bridgehead atoms. The largest absolute Gasteiger partial charge is 0.352 e. The van der Waals surface area contributed by atoms with Gasteiger partial charge in [-0.25, -0.2) is 8.42 Å². The molecule has 1 aliphatic carbocycles. The van der Waals surface area contributed by atoms with Crippen molar-refractivity contribution in [2.75, 3.05) is 10.8 Å². The summed E-state index contributed by atoms with van der Waals surface area (Å²) >= 11 is 18.8. The number of nitrogens with one attached hydrogen (secondary N) is 1. The Hall–Kier alpha value is -2.78. The van der Waals surface area contributed by atoms with Gasteiger partial charge in [-0.1, -0.05) is 84.9 Å². The lowest BCUT2D eigenvalue weighted by Gasteiger charge is -2.34. The minimum absolute atomic E-state index is 0.0147. The predicted octanol–water partition coefficient (Wildman–Crippen LogP) is 6.71. The molecule has 0 unspecified atom stereocenters. The number of amides is 2. The van der Waals surface area contributed by atoms with Crippen molar-refractivity contribution in [2.24, 2.45) is 0 Å². The number of carbonyl (C=O) groups is 2. The standard InChI is InChI=1S/C30H32Cl3N3O4S/c1-2-27(30(38)34-24-8-6-7-9-24)35(19-21-12-14-22(31)15-13-21)29(37)20-36(28-18-23(32)16-17-26(28)33)41(39,40)25-10-4-3-5-11-25/h3-5,10-18,24,27H,2,6-9,19-20H2,1H3,(H,34,38)/t27-/m1/s1. The second kappa shape index (κ2) is 13.9. The number of nitrogens with zero attached hydrogens (tertiary/aromatic N) is 2. The minimum atomic E-state index is -4.25. The number of carbonyl (C=O) groups excluding carboxylic acids is 2. The monoisotopic (exact) mass is 635 g/mol. The van der Waals surface area contributed by atoms with Crippen molar-refractivity contribution in [1.29, 1.82) is 0 Å². The van der Waals surface area contributed by atoms with E-state index < -0.39 is 28.5 Å². The zero-order chi connectivity index (χ0) is 29.6. The van der Waals surface area contributed by atoms with Crippen LogP contribution in [0.3, 0.4) is 0 Å². The molecule has 0 spiro atoms. The number of sulfonamides is 1. The van der Waals surface area contributed by atoms with Gasteiger partial charge in [-0.2, -0.15) is 0 Å². The van der Waals surface area contributed by atoms with Crippen LogP contribution in [-0.4, -0.2) is 43.8 Å². The second-order valence-electron chi connectivity index (χ2n) is 9.98. The molecule has 11 heteroatoms. The van der Waals surface area contributed by atoms with Gasteiger partial charge in [0.1, 0.15) is 12.6 Å². The average molecular weight is 637 g/mol. The van der Waals surface area contributed by atoms with Crippen LogP contribution in [0.1, 0.15) is 44.6 Å². The fourth-order valence-corrected chi connectivity index (χ4v) is 6.99. The van der Waals surface area contributed by atoms with Gasteiger partial charge in [0.2, 0.25) is 11.8 Å². The highest BCUT2D eigenvalue weighted by Gasteiger charge is 2.35. The van der Waals surface area contributed by atoms with E-state index in [0.717, 1.165) is 35.6 Å². The van der Waals surface area contributed by atoms with Crippen molar-refractivity contribution in [3.05, 3.63) is 93.4 Å². The number of anilines is 1. The smallest absolute Gasteiger partial charge is 0.264 e. The third-order valence-corrected chi connectivity index (χ3v) is 9.72. The molecular formula is C30H32Cl3N3O4S. The molecule has 0 aromatic heterocycles.